The first kappa shape index (κ1) is 9.26. The van der Waals surface area contributed by atoms with Gasteiger partial charge in [0.1, 0.15) is 0 Å². The lowest BCUT2D eigenvalue weighted by Gasteiger charge is -2.09. The van der Waals surface area contributed by atoms with Crippen molar-refractivity contribution in [3.05, 3.63) is 47.5 Å². The van der Waals surface area contributed by atoms with E-state index in [0.29, 0.717) is 0 Å². The van der Waals surface area contributed by atoms with Crippen molar-refractivity contribution in [3.8, 4) is 0 Å². The predicted octanol–water partition coefficient (Wildman–Crippen LogP) is 3.96. The summed E-state index contributed by atoms with van der Waals surface area (Å²) in [6.07, 6.45) is 2.26. The van der Waals surface area contributed by atoms with Gasteiger partial charge >= 0.3 is 0 Å². The molecule has 0 saturated carbocycles. The SMILES string of the molecule is CCc1ccc2ccccc2c1CC. The third-order valence-corrected chi connectivity index (χ3v) is 2.87. The molecule has 14 heavy (non-hydrogen) atoms. The molecule has 2 rings (SSSR count). The second kappa shape index (κ2) is 3.83. The average molecular weight is 184 g/mol. The highest BCUT2D eigenvalue weighted by molar-refractivity contribution is 5.86. The first-order chi connectivity index (χ1) is 6.86. The third-order valence-electron chi connectivity index (χ3n) is 2.87. The van der Waals surface area contributed by atoms with Crippen molar-refractivity contribution < 1.29 is 0 Å². The largest absolute Gasteiger partial charge is 0.0616 e. The van der Waals surface area contributed by atoms with Crippen LogP contribution >= 0.6 is 0 Å². The van der Waals surface area contributed by atoms with Gasteiger partial charge in [0.25, 0.3) is 0 Å². The van der Waals surface area contributed by atoms with Gasteiger partial charge in [0.2, 0.25) is 0 Å². The van der Waals surface area contributed by atoms with Crippen LogP contribution in [0.1, 0.15) is 25.0 Å². The van der Waals surface area contributed by atoms with E-state index < -0.39 is 0 Å². The number of benzene rings is 2. The third kappa shape index (κ3) is 1.41. The van der Waals surface area contributed by atoms with Gasteiger partial charge in [0.15, 0.2) is 0 Å². The molecule has 0 aliphatic rings. The van der Waals surface area contributed by atoms with Crippen LogP contribution in [0.5, 0.6) is 0 Å². The molecule has 0 saturated heterocycles. The van der Waals surface area contributed by atoms with Gasteiger partial charge in [-0.3, -0.25) is 0 Å². The highest BCUT2D eigenvalue weighted by Crippen LogP contribution is 2.23. The first-order valence-corrected chi connectivity index (χ1v) is 5.36. The van der Waals surface area contributed by atoms with Gasteiger partial charge in [0, 0.05) is 0 Å². The normalized spacial score (nSPS) is 10.7. The summed E-state index contributed by atoms with van der Waals surface area (Å²) < 4.78 is 0. The van der Waals surface area contributed by atoms with E-state index in [2.05, 4.69) is 50.2 Å². The number of hydrogen-bond acceptors (Lipinski definition) is 0. The Kier molecular flexibility index (Phi) is 2.53. The predicted molar refractivity (Wildman–Crippen MR) is 62.7 cm³/mol. The van der Waals surface area contributed by atoms with Crippen molar-refractivity contribution in [2.24, 2.45) is 0 Å². The molecule has 0 heterocycles. The molecule has 0 N–H and O–H groups in total. The number of hydrogen-bond donors (Lipinski definition) is 0. The molecule has 0 aromatic heterocycles. The van der Waals surface area contributed by atoms with Gasteiger partial charge in [-0.1, -0.05) is 50.2 Å². The lowest BCUT2D eigenvalue weighted by atomic mass is 9.96. The van der Waals surface area contributed by atoms with E-state index in [1.807, 2.05) is 0 Å². The van der Waals surface area contributed by atoms with Crippen LogP contribution in [-0.2, 0) is 12.8 Å². The van der Waals surface area contributed by atoms with Crippen molar-refractivity contribution in [1.29, 1.82) is 0 Å². The van der Waals surface area contributed by atoms with Crippen molar-refractivity contribution in [2.75, 3.05) is 0 Å². The van der Waals surface area contributed by atoms with E-state index in [1.165, 1.54) is 21.9 Å². The summed E-state index contributed by atoms with van der Waals surface area (Å²) in [4.78, 5) is 0. The van der Waals surface area contributed by atoms with Crippen LogP contribution < -0.4 is 0 Å². The Bertz CT molecular complexity index is 441. The summed E-state index contributed by atoms with van der Waals surface area (Å²) in [5.74, 6) is 0. The van der Waals surface area contributed by atoms with Gasteiger partial charge in [-0.25, -0.2) is 0 Å². The summed E-state index contributed by atoms with van der Waals surface area (Å²) in [6.45, 7) is 4.46. The standard InChI is InChI=1S/C14H16/c1-3-11-9-10-12-7-5-6-8-14(12)13(11)4-2/h5-10H,3-4H2,1-2H3. The fourth-order valence-electron chi connectivity index (χ4n) is 2.13. The van der Waals surface area contributed by atoms with Gasteiger partial charge in [-0.15, -0.1) is 0 Å². The molecule has 72 valence electrons. The molecule has 0 aliphatic heterocycles. The molecular weight excluding hydrogens is 168 g/mol. The van der Waals surface area contributed by atoms with Gasteiger partial charge in [-0.05, 0) is 34.7 Å². The Morgan fingerprint density at radius 2 is 1.64 bits per heavy atom. The second-order valence-corrected chi connectivity index (χ2v) is 3.63. The Morgan fingerprint density at radius 3 is 2.36 bits per heavy atom. The number of fused-ring (bicyclic) bond motifs is 1. The van der Waals surface area contributed by atoms with Gasteiger partial charge < -0.3 is 0 Å². The maximum Gasteiger partial charge on any atom is -0.0149 e. The number of rotatable bonds is 2. The summed E-state index contributed by atoms with van der Waals surface area (Å²) in [6, 6.07) is 13.1. The molecule has 0 nitrogen and oxygen atoms in total. The minimum absolute atomic E-state index is 1.13. The molecule has 0 amide bonds. The fraction of sp³-hybridized carbons (Fsp3) is 0.286. The minimum Gasteiger partial charge on any atom is -0.0616 e. The Morgan fingerprint density at radius 1 is 0.857 bits per heavy atom. The highest BCUT2D eigenvalue weighted by Gasteiger charge is 2.03. The second-order valence-electron chi connectivity index (χ2n) is 3.63. The highest BCUT2D eigenvalue weighted by atomic mass is 14.1. The van der Waals surface area contributed by atoms with E-state index in [1.54, 1.807) is 0 Å². The molecule has 0 fully saturated rings. The molecular formula is C14H16. The average Bonchev–Trinajstić information content (AvgIpc) is 2.27. The van der Waals surface area contributed by atoms with E-state index >= 15 is 0 Å². The Labute approximate surface area is 85.6 Å². The van der Waals surface area contributed by atoms with Crippen LogP contribution in [0.2, 0.25) is 0 Å². The minimum atomic E-state index is 1.13. The Hall–Kier alpha value is -1.30. The molecule has 2 aromatic rings. The van der Waals surface area contributed by atoms with E-state index in [-0.39, 0.29) is 0 Å². The smallest absolute Gasteiger partial charge is 0.0149 e. The lowest BCUT2D eigenvalue weighted by Crippen LogP contribution is -1.92. The van der Waals surface area contributed by atoms with Crippen molar-refractivity contribution in [1.82, 2.24) is 0 Å². The number of aryl methyl sites for hydroxylation is 2. The summed E-state index contributed by atoms with van der Waals surface area (Å²) in [5, 5.41) is 2.79. The van der Waals surface area contributed by atoms with Crippen molar-refractivity contribution in [3.63, 3.8) is 0 Å². The summed E-state index contributed by atoms with van der Waals surface area (Å²) in [7, 11) is 0. The maximum atomic E-state index is 2.27. The molecule has 0 bridgehead atoms. The van der Waals surface area contributed by atoms with Crippen LogP contribution in [-0.4, -0.2) is 0 Å². The summed E-state index contributed by atoms with van der Waals surface area (Å²) >= 11 is 0. The zero-order valence-corrected chi connectivity index (χ0v) is 8.88. The monoisotopic (exact) mass is 184 g/mol. The molecule has 0 aliphatic carbocycles. The van der Waals surface area contributed by atoms with E-state index in [4.69, 9.17) is 0 Å². The molecule has 0 unspecified atom stereocenters. The maximum absolute atomic E-state index is 2.27. The molecule has 2 aromatic carbocycles. The first-order valence-electron chi connectivity index (χ1n) is 5.36. The van der Waals surface area contributed by atoms with Crippen LogP contribution in [0.4, 0.5) is 0 Å². The van der Waals surface area contributed by atoms with E-state index in [0.717, 1.165) is 12.8 Å². The molecule has 0 atom stereocenters. The molecule has 0 spiro atoms. The summed E-state index contributed by atoms with van der Waals surface area (Å²) in [5.41, 5.74) is 3.01. The topological polar surface area (TPSA) is 0 Å². The lowest BCUT2D eigenvalue weighted by molar-refractivity contribution is 1.05. The van der Waals surface area contributed by atoms with E-state index in [9.17, 15) is 0 Å². The zero-order chi connectivity index (χ0) is 9.97. The Balaban J connectivity index is 2.77. The van der Waals surface area contributed by atoms with Crippen LogP contribution in [0.15, 0.2) is 36.4 Å². The van der Waals surface area contributed by atoms with Crippen LogP contribution in [0, 0.1) is 0 Å². The van der Waals surface area contributed by atoms with Gasteiger partial charge in [-0.2, -0.15) is 0 Å². The molecule has 0 radical (unpaired) electrons. The fourth-order valence-corrected chi connectivity index (χ4v) is 2.13. The van der Waals surface area contributed by atoms with Gasteiger partial charge in [0.05, 0.1) is 0 Å². The quantitative estimate of drug-likeness (QED) is 0.662. The van der Waals surface area contributed by atoms with Crippen molar-refractivity contribution >= 4 is 10.8 Å². The zero-order valence-electron chi connectivity index (χ0n) is 8.88. The molecule has 0 heteroatoms. The van der Waals surface area contributed by atoms with Crippen LogP contribution in [0.3, 0.4) is 0 Å². The van der Waals surface area contributed by atoms with Crippen molar-refractivity contribution in [2.45, 2.75) is 26.7 Å². The van der Waals surface area contributed by atoms with Crippen LogP contribution in [0.25, 0.3) is 10.8 Å².